The fourth-order valence-electron chi connectivity index (χ4n) is 2.07. The minimum Gasteiger partial charge on any atom is -0.391 e. The van der Waals surface area contributed by atoms with Crippen molar-refractivity contribution in [2.45, 2.75) is 18.9 Å². The first-order valence-electron chi connectivity index (χ1n) is 6.17. The number of likely N-dealkylation sites (tertiary alicyclic amines) is 1. The molecular weight excluding hydrogens is 285 g/mol. The maximum absolute atomic E-state index is 12.0. The van der Waals surface area contributed by atoms with E-state index in [-0.39, 0.29) is 5.91 Å². The molecule has 3 nitrogen and oxygen atoms in total. The molecule has 1 aliphatic heterocycles. The molecule has 1 N–H and O–H groups in total. The first kappa shape index (κ1) is 14.4. The maximum atomic E-state index is 12.0. The number of piperidine rings is 1. The van der Waals surface area contributed by atoms with Crippen molar-refractivity contribution in [3.8, 4) is 0 Å². The van der Waals surface area contributed by atoms with Crippen LogP contribution in [0.15, 0.2) is 24.3 Å². The Bertz CT molecular complexity index is 502. The highest BCUT2D eigenvalue weighted by Crippen LogP contribution is 2.26. The maximum Gasteiger partial charge on any atom is 0.246 e. The van der Waals surface area contributed by atoms with E-state index in [1.165, 1.54) is 6.08 Å². The average Bonchev–Trinajstić information content (AvgIpc) is 2.40. The first-order chi connectivity index (χ1) is 9.08. The van der Waals surface area contributed by atoms with E-state index in [1.54, 1.807) is 29.2 Å². The summed E-state index contributed by atoms with van der Waals surface area (Å²) in [7, 11) is 0. The van der Waals surface area contributed by atoms with Gasteiger partial charge in [-0.1, -0.05) is 35.3 Å². The standard InChI is InChI=1S/C14H15Cl2NO2/c15-12-5-1-3-10(14(12)16)6-7-13(19)17-8-2-4-11(18)9-17/h1,3,5-7,11,18H,2,4,8-9H2/b7-6+. The summed E-state index contributed by atoms with van der Waals surface area (Å²) in [6.07, 6.45) is 4.29. The summed E-state index contributed by atoms with van der Waals surface area (Å²) in [5, 5.41) is 10.4. The van der Waals surface area contributed by atoms with Crippen molar-refractivity contribution >= 4 is 35.2 Å². The molecule has 1 aromatic carbocycles. The normalized spacial score (nSPS) is 19.9. The lowest BCUT2D eigenvalue weighted by Gasteiger charge is -2.29. The molecule has 0 radical (unpaired) electrons. The summed E-state index contributed by atoms with van der Waals surface area (Å²) in [4.78, 5) is 13.6. The molecule has 0 bridgehead atoms. The van der Waals surface area contributed by atoms with Gasteiger partial charge in [0.05, 0.1) is 16.1 Å². The quantitative estimate of drug-likeness (QED) is 0.853. The molecule has 1 aliphatic rings. The van der Waals surface area contributed by atoms with Gasteiger partial charge in [0.1, 0.15) is 0 Å². The van der Waals surface area contributed by atoms with Crippen LogP contribution in [0.1, 0.15) is 18.4 Å². The van der Waals surface area contributed by atoms with E-state index < -0.39 is 6.10 Å². The number of carbonyl (C=O) groups excluding carboxylic acids is 1. The Morgan fingerprint density at radius 3 is 2.95 bits per heavy atom. The molecule has 1 saturated heterocycles. The lowest BCUT2D eigenvalue weighted by molar-refractivity contribution is -0.128. The number of benzene rings is 1. The van der Waals surface area contributed by atoms with Crippen LogP contribution in [0.25, 0.3) is 6.08 Å². The number of hydrogen-bond acceptors (Lipinski definition) is 2. The molecule has 102 valence electrons. The molecule has 2 rings (SSSR count). The largest absolute Gasteiger partial charge is 0.391 e. The molecule has 0 saturated carbocycles. The highest BCUT2D eigenvalue weighted by molar-refractivity contribution is 6.42. The second-order valence-electron chi connectivity index (χ2n) is 4.56. The number of aliphatic hydroxyl groups is 1. The fourth-order valence-corrected chi connectivity index (χ4v) is 2.44. The van der Waals surface area contributed by atoms with Gasteiger partial charge in [0.15, 0.2) is 0 Å². The minimum atomic E-state index is -0.416. The molecule has 19 heavy (non-hydrogen) atoms. The number of nitrogens with zero attached hydrogens (tertiary/aromatic N) is 1. The van der Waals surface area contributed by atoms with Crippen molar-refractivity contribution in [1.29, 1.82) is 0 Å². The molecule has 0 aromatic heterocycles. The summed E-state index contributed by atoms with van der Waals surface area (Å²) in [6, 6.07) is 5.27. The highest BCUT2D eigenvalue weighted by Gasteiger charge is 2.20. The predicted molar refractivity (Wildman–Crippen MR) is 77.3 cm³/mol. The smallest absolute Gasteiger partial charge is 0.246 e. The molecule has 1 amide bonds. The topological polar surface area (TPSA) is 40.5 Å². The molecule has 1 fully saturated rings. The first-order valence-corrected chi connectivity index (χ1v) is 6.92. The minimum absolute atomic E-state index is 0.116. The number of carbonyl (C=O) groups is 1. The van der Waals surface area contributed by atoms with Gasteiger partial charge in [-0.15, -0.1) is 0 Å². The summed E-state index contributed by atoms with van der Waals surface area (Å²) in [5.41, 5.74) is 0.708. The van der Waals surface area contributed by atoms with Crippen molar-refractivity contribution in [3.05, 3.63) is 39.9 Å². The molecule has 1 atom stereocenters. The highest BCUT2D eigenvalue weighted by atomic mass is 35.5. The van der Waals surface area contributed by atoms with E-state index in [0.29, 0.717) is 28.7 Å². The number of β-amino-alcohol motifs (C(OH)–C–C–N with tert-alkyl or cyclic N) is 1. The van der Waals surface area contributed by atoms with Gasteiger partial charge in [0, 0.05) is 19.2 Å². The fraction of sp³-hybridized carbons (Fsp3) is 0.357. The third-order valence-electron chi connectivity index (χ3n) is 3.10. The second-order valence-corrected chi connectivity index (χ2v) is 5.34. The zero-order valence-electron chi connectivity index (χ0n) is 10.4. The Hall–Kier alpha value is -1.03. The second kappa shape index (κ2) is 6.42. The van der Waals surface area contributed by atoms with Crippen LogP contribution in [-0.2, 0) is 4.79 Å². The number of hydrogen-bond donors (Lipinski definition) is 1. The lowest BCUT2D eigenvalue weighted by Crippen LogP contribution is -2.41. The number of halogens is 2. The van der Waals surface area contributed by atoms with Gasteiger partial charge in [0.2, 0.25) is 5.91 Å². The number of amides is 1. The summed E-state index contributed by atoms with van der Waals surface area (Å²) in [5.74, 6) is -0.116. The third-order valence-corrected chi connectivity index (χ3v) is 3.93. The molecular formula is C14H15Cl2NO2. The molecule has 5 heteroatoms. The number of aliphatic hydroxyl groups excluding tert-OH is 1. The third kappa shape index (κ3) is 3.72. The van der Waals surface area contributed by atoms with Gasteiger partial charge in [-0.25, -0.2) is 0 Å². The summed E-state index contributed by atoms with van der Waals surface area (Å²) >= 11 is 11.9. The van der Waals surface area contributed by atoms with Crippen molar-refractivity contribution in [3.63, 3.8) is 0 Å². The Morgan fingerprint density at radius 2 is 2.21 bits per heavy atom. The van der Waals surface area contributed by atoms with Gasteiger partial charge < -0.3 is 10.0 Å². The van der Waals surface area contributed by atoms with Crippen molar-refractivity contribution in [2.24, 2.45) is 0 Å². The summed E-state index contributed by atoms with van der Waals surface area (Å²) < 4.78 is 0. The van der Waals surface area contributed by atoms with Crippen LogP contribution in [-0.4, -0.2) is 35.1 Å². The van der Waals surface area contributed by atoms with Gasteiger partial charge in [-0.05, 0) is 30.5 Å². The van der Waals surface area contributed by atoms with Gasteiger partial charge >= 0.3 is 0 Å². The number of rotatable bonds is 2. The van der Waals surface area contributed by atoms with Crippen molar-refractivity contribution in [1.82, 2.24) is 4.90 Å². The Kier molecular flexibility index (Phi) is 4.86. The van der Waals surface area contributed by atoms with Crippen LogP contribution in [0, 0.1) is 0 Å². The molecule has 1 aromatic rings. The van der Waals surface area contributed by atoms with Crippen LogP contribution in [0.4, 0.5) is 0 Å². The zero-order chi connectivity index (χ0) is 13.8. The Morgan fingerprint density at radius 1 is 1.42 bits per heavy atom. The molecule has 1 unspecified atom stereocenters. The molecule has 0 aliphatic carbocycles. The van der Waals surface area contributed by atoms with Crippen LogP contribution < -0.4 is 0 Å². The van der Waals surface area contributed by atoms with E-state index in [4.69, 9.17) is 23.2 Å². The zero-order valence-corrected chi connectivity index (χ0v) is 11.9. The van der Waals surface area contributed by atoms with Gasteiger partial charge in [-0.3, -0.25) is 4.79 Å². The SMILES string of the molecule is O=C(/C=C/c1cccc(Cl)c1Cl)N1CCCC(O)C1. The van der Waals surface area contributed by atoms with E-state index in [0.717, 1.165) is 12.8 Å². The van der Waals surface area contributed by atoms with E-state index in [2.05, 4.69) is 0 Å². The Balaban J connectivity index is 2.05. The van der Waals surface area contributed by atoms with Gasteiger partial charge in [-0.2, -0.15) is 0 Å². The van der Waals surface area contributed by atoms with Gasteiger partial charge in [0.25, 0.3) is 0 Å². The Labute approximate surface area is 122 Å². The van der Waals surface area contributed by atoms with E-state index in [1.807, 2.05) is 0 Å². The molecule has 0 spiro atoms. The van der Waals surface area contributed by atoms with E-state index in [9.17, 15) is 9.90 Å². The summed E-state index contributed by atoms with van der Waals surface area (Å²) in [6.45, 7) is 1.08. The van der Waals surface area contributed by atoms with Crippen LogP contribution in [0.2, 0.25) is 10.0 Å². The van der Waals surface area contributed by atoms with Crippen LogP contribution in [0.3, 0.4) is 0 Å². The molecule has 1 heterocycles. The van der Waals surface area contributed by atoms with Crippen molar-refractivity contribution in [2.75, 3.05) is 13.1 Å². The monoisotopic (exact) mass is 299 g/mol. The van der Waals surface area contributed by atoms with Crippen LogP contribution >= 0.6 is 23.2 Å². The van der Waals surface area contributed by atoms with Crippen molar-refractivity contribution < 1.29 is 9.90 Å². The van der Waals surface area contributed by atoms with Crippen LogP contribution in [0.5, 0.6) is 0 Å². The lowest BCUT2D eigenvalue weighted by atomic mass is 10.1. The average molecular weight is 300 g/mol. The predicted octanol–water partition coefficient (Wildman–Crippen LogP) is 2.99. The van der Waals surface area contributed by atoms with E-state index >= 15 is 0 Å².